The van der Waals surface area contributed by atoms with Gasteiger partial charge in [-0.1, -0.05) is 20.8 Å². The largest absolute Gasteiger partial charge is 0.311 e. The lowest BCUT2D eigenvalue weighted by atomic mass is 9.99. The zero-order chi connectivity index (χ0) is 14.0. The van der Waals surface area contributed by atoms with Gasteiger partial charge in [-0.25, -0.2) is 0 Å². The molecule has 0 aliphatic carbocycles. The quantitative estimate of drug-likeness (QED) is 0.900. The van der Waals surface area contributed by atoms with Crippen molar-refractivity contribution in [2.75, 3.05) is 13.1 Å². The van der Waals surface area contributed by atoms with Crippen LogP contribution in [0.5, 0.6) is 0 Å². The highest BCUT2D eigenvalue weighted by molar-refractivity contribution is 5.10. The van der Waals surface area contributed by atoms with Crippen molar-refractivity contribution in [1.29, 1.82) is 0 Å². The van der Waals surface area contributed by atoms with Crippen LogP contribution in [0.4, 0.5) is 0 Å². The van der Waals surface area contributed by atoms with Crippen LogP contribution in [0.1, 0.15) is 39.1 Å². The number of nitrogens with zero attached hydrogens (tertiary/aromatic N) is 3. The van der Waals surface area contributed by atoms with Gasteiger partial charge < -0.3 is 5.32 Å². The fourth-order valence-corrected chi connectivity index (χ4v) is 2.72. The summed E-state index contributed by atoms with van der Waals surface area (Å²) in [6, 6.07) is 3.45. The van der Waals surface area contributed by atoms with Gasteiger partial charge in [-0.3, -0.25) is 9.58 Å². The average molecular weight is 264 g/mol. The Labute approximate surface area is 117 Å². The van der Waals surface area contributed by atoms with E-state index < -0.39 is 0 Å². The molecule has 2 heterocycles. The predicted molar refractivity (Wildman–Crippen MR) is 79.1 cm³/mol. The zero-order valence-corrected chi connectivity index (χ0v) is 13.0. The fourth-order valence-electron chi connectivity index (χ4n) is 2.72. The Morgan fingerprint density at radius 2 is 2.21 bits per heavy atom. The molecule has 1 aliphatic heterocycles. The molecule has 0 spiro atoms. The zero-order valence-electron chi connectivity index (χ0n) is 13.0. The number of piperazine rings is 1. The standard InChI is InChI=1S/C15H28N4/c1-6-13-7-14(18(5)17-13)9-19-10-15(11(2)3)16-8-12(19)4/h7,11-12,15-16H,6,8-10H2,1-5H3. The molecule has 0 aromatic carbocycles. The summed E-state index contributed by atoms with van der Waals surface area (Å²) in [6.07, 6.45) is 1.01. The fraction of sp³-hybridized carbons (Fsp3) is 0.800. The van der Waals surface area contributed by atoms with Crippen LogP contribution < -0.4 is 5.32 Å². The molecule has 2 rings (SSSR count). The Hall–Kier alpha value is -0.870. The van der Waals surface area contributed by atoms with Gasteiger partial charge in [0.1, 0.15) is 0 Å². The molecule has 19 heavy (non-hydrogen) atoms. The lowest BCUT2D eigenvalue weighted by molar-refractivity contribution is 0.113. The van der Waals surface area contributed by atoms with Gasteiger partial charge in [0.25, 0.3) is 0 Å². The Morgan fingerprint density at radius 3 is 2.79 bits per heavy atom. The van der Waals surface area contributed by atoms with Gasteiger partial charge in [-0.05, 0) is 25.3 Å². The highest BCUT2D eigenvalue weighted by atomic mass is 15.3. The normalized spacial score (nSPS) is 25.2. The van der Waals surface area contributed by atoms with E-state index in [2.05, 4.69) is 56.1 Å². The molecule has 1 aliphatic rings. The molecule has 0 saturated carbocycles. The number of rotatable bonds is 4. The number of aryl methyl sites for hydroxylation is 2. The van der Waals surface area contributed by atoms with Gasteiger partial charge in [0.15, 0.2) is 0 Å². The van der Waals surface area contributed by atoms with E-state index in [9.17, 15) is 0 Å². The van der Waals surface area contributed by atoms with Crippen LogP contribution in [0.3, 0.4) is 0 Å². The van der Waals surface area contributed by atoms with Gasteiger partial charge in [0.05, 0.1) is 11.4 Å². The maximum absolute atomic E-state index is 4.55. The van der Waals surface area contributed by atoms with E-state index in [0.717, 1.165) is 26.1 Å². The van der Waals surface area contributed by atoms with Crippen LogP contribution in [0.2, 0.25) is 0 Å². The molecule has 1 saturated heterocycles. The summed E-state index contributed by atoms with van der Waals surface area (Å²) in [5.74, 6) is 0.688. The van der Waals surface area contributed by atoms with Crippen molar-refractivity contribution in [3.8, 4) is 0 Å². The lowest BCUT2D eigenvalue weighted by Crippen LogP contribution is -2.56. The Morgan fingerprint density at radius 1 is 1.47 bits per heavy atom. The maximum Gasteiger partial charge on any atom is 0.0625 e. The summed E-state index contributed by atoms with van der Waals surface area (Å²) in [5, 5.41) is 8.20. The third-order valence-electron chi connectivity index (χ3n) is 4.29. The molecule has 0 amide bonds. The van der Waals surface area contributed by atoms with E-state index in [-0.39, 0.29) is 0 Å². The van der Waals surface area contributed by atoms with Crippen LogP contribution >= 0.6 is 0 Å². The van der Waals surface area contributed by atoms with Crippen LogP contribution in [-0.2, 0) is 20.0 Å². The van der Waals surface area contributed by atoms with Gasteiger partial charge in [0.2, 0.25) is 0 Å². The minimum absolute atomic E-state index is 0.593. The molecular weight excluding hydrogens is 236 g/mol. The summed E-state index contributed by atoms with van der Waals surface area (Å²) in [5.41, 5.74) is 2.52. The molecule has 1 fully saturated rings. The van der Waals surface area contributed by atoms with Crippen molar-refractivity contribution in [1.82, 2.24) is 20.0 Å². The van der Waals surface area contributed by atoms with E-state index in [4.69, 9.17) is 0 Å². The van der Waals surface area contributed by atoms with E-state index in [0.29, 0.717) is 18.0 Å². The van der Waals surface area contributed by atoms with Crippen molar-refractivity contribution in [2.45, 2.75) is 52.7 Å². The summed E-state index contributed by atoms with van der Waals surface area (Å²) in [4.78, 5) is 2.58. The Balaban J connectivity index is 2.05. The first-order valence-electron chi connectivity index (χ1n) is 7.50. The molecule has 2 atom stereocenters. The molecule has 0 radical (unpaired) electrons. The van der Waals surface area contributed by atoms with E-state index in [1.807, 2.05) is 4.68 Å². The Kier molecular flexibility index (Phi) is 4.63. The monoisotopic (exact) mass is 264 g/mol. The van der Waals surface area contributed by atoms with E-state index in [1.165, 1.54) is 11.4 Å². The second-order valence-electron chi connectivity index (χ2n) is 6.14. The molecule has 108 valence electrons. The predicted octanol–water partition coefficient (Wildman–Crippen LogP) is 1.80. The number of hydrogen-bond acceptors (Lipinski definition) is 3. The summed E-state index contributed by atoms with van der Waals surface area (Å²) >= 11 is 0. The molecule has 4 nitrogen and oxygen atoms in total. The minimum Gasteiger partial charge on any atom is -0.311 e. The minimum atomic E-state index is 0.593. The molecule has 1 aromatic heterocycles. The highest BCUT2D eigenvalue weighted by Gasteiger charge is 2.27. The molecule has 0 bridgehead atoms. The number of aromatic nitrogens is 2. The highest BCUT2D eigenvalue weighted by Crippen LogP contribution is 2.16. The van der Waals surface area contributed by atoms with Crippen LogP contribution in [0.15, 0.2) is 6.07 Å². The Bertz CT molecular complexity index is 410. The molecule has 2 unspecified atom stereocenters. The third kappa shape index (κ3) is 3.37. The van der Waals surface area contributed by atoms with Crippen molar-refractivity contribution >= 4 is 0 Å². The second kappa shape index (κ2) is 6.06. The summed E-state index contributed by atoms with van der Waals surface area (Å²) in [6.45, 7) is 12.3. The smallest absolute Gasteiger partial charge is 0.0625 e. The summed E-state index contributed by atoms with van der Waals surface area (Å²) in [7, 11) is 2.06. The number of hydrogen-bond donors (Lipinski definition) is 1. The van der Waals surface area contributed by atoms with Crippen molar-refractivity contribution in [3.63, 3.8) is 0 Å². The topological polar surface area (TPSA) is 33.1 Å². The third-order valence-corrected chi connectivity index (χ3v) is 4.29. The average Bonchev–Trinajstić information content (AvgIpc) is 2.72. The SMILES string of the molecule is CCc1cc(CN2CC(C(C)C)NCC2C)n(C)n1. The van der Waals surface area contributed by atoms with Gasteiger partial charge in [-0.2, -0.15) is 5.10 Å². The van der Waals surface area contributed by atoms with Gasteiger partial charge >= 0.3 is 0 Å². The summed E-state index contributed by atoms with van der Waals surface area (Å²) < 4.78 is 2.04. The van der Waals surface area contributed by atoms with Crippen molar-refractivity contribution in [2.24, 2.45) is 13.0 Å². The van der Waals surface area contributed by atoms with Crippen molar-refractivity contribution < 1.29 is 0 Å². The van der Waals surface area contributed by atoms with Gasteiger partial charge in [0, 0.05) is 38.8 Å². The van der Waals surface area contributed by atoms with E-state index in [1.54, 1.807) is 0 Å². The molecular formula is C15H28N4. The number of nitrogens with one attached hydrogen (secondary N) is 1. The molecule has 1 aromatic rings. The first-order valence-corrected chi connectivity index (χ1v) is 7.50. The van der Waals surface area contributed by atoms with Crippen LogP contribution in [0, 0.1) is 5.92 Å². The second-order valence-corrected chi connectivity index (χ2v) is 6.14. The van der Waals surface area contributed by atoms with E-state index >= 15 is 0 Å². The maximum atomic E-state index is 4.55. The lowest BCUT2D eigenvalue weighted by Gasteiger charge is -2.40. The van der Waals surface area contributed by atoms with Crippen LogP contribution in [0.25, 0.3) is 0 Å². The molecule has 4 heteroatoms. The van der Waals surface area contributed by atoms with Gasteiger partial charge in [-0.15, -0.1) is 0 Å². The molecule has 1 N–H and O–H groups in total. The van der Waals surface area contributed by atoms with Crippen LogP contribution in [-0.4, -0.2) is 39.9 Å². The first-order chi connectivity index (χ1) is 9.01. The first kappa shape index (κ1) is 14.5. The van der Waals surface area contributed by atoms with Crippen molar-refractivity contribution in [3.05, 3.63) is 17.5 Å².